The highest BCUT2D eigenvalue weighted by Gasteiger charge is 2.25. The Labute approximate surface area is 163 Å². The second kappa shape index (κ2) is 10.6. The first-order chi connectivity index (χ1) is 11.1. The van der Waals surface area contributed by atoms with Crippen LogP contribution in [0.15, 0.2) is 11.2 Å². The van der Waals surface area contributed by atoms with Crippen molar-refractivity contribution < 1.29 is 9.59 Å². The van der Waals surface area contributed by atoms with Crippen LogP contribution in [-0.2, 0) is 16.1 Å². The molecule has 0 radical (unpaired) electrons. The van der Waals surface area contributed by atoms with Gasteiger partial charge >= 0.3 is 0 Å². The highest BCUT2D eigenvalue weighted by molar-refractivity contribution is 14.0. The maximum Gasteiger partial charge on any atom is 0.229 e. The molecule has 9 heteroatoms. The molecule has 0 unspecified atom stereocenters. The average molecular weight is 465 g/mol. The molecule has 0 atom stereocenters. The zero-order chi connectivity index (χ0) is 16.7. The number of aliphatic imine (C=N–C) groups is 1. The Morgan fingerprint density at radius 2 is 2.04 bits per heavy atom. The van der Waals surface area contributed by atoms with E-state index >= 15 is 0 Å². The second-order valence-electron chi connectivity index (χ2n) is 5.28. The number of halogens is 1. The van der Waals surface area contributed by atoms with E-state index in [2.05, 4.69) is 20.6 Å². The Balaban J connectivity index is 0.00000288. The van der Waals surface area contributed by atoms with Crippen molar-refractivity contribution in [2.45, 2.75) is 39.7 Å². The molecule has 1 aromatic heterocycles. The first kappa shape index (κ1) is 20.8. The molecule has 7 nitrogen and oxygen atoms in total. The maximum atomic E-state index is 11.7. The van der Waals surface area contributed by atoms with Gasteiger partial charge in [-0.2, -0.15) is 0 Å². The zero-order valence-electron chi connectivity index (χ0n) is 14.0. The molecular weight excluding hydrogens is 441 g/mol. The molecule has 134 valence electrons. The van der Waals surface area contributed by atoms with Crippen LogP contribution >= 0.6 is 35.3 Å². The first-order valence-electron chi connectivity index (χ1n) is 7.87. The number of nitrogens with zero attached hydrogens (tertiary/aromatic N) is 3. The van der Waals surface area contributed by atoms with Gasteiger partial charge in [0, 0.05) is 43.5 Å². The van der Waals surface area contributed by atoms with Crippen LogP contribution in [0, 0.1) is 6.92 Å². The number of hydrogen-bond donors (Lipinski definition) is 2. The molecule has 2 heterocycles. The van der Waals surface area contributed by atoms with Gasteiger partial charge in [-0.3, -0.25) is 14.5 Å². The lowest BCUT2D eigenvalue weighted by Crippen LogP contribution is -2.46. The summed E-state index contributed by atoms with van der Waals surface area (Å²) < 4.78 is 0. The third-order valence-electron chi connectivity index (χ3n) is 3.40. The van der Waals surface area contributed by atoms with Crippen LogP contribution in [0.25, 0.3) is 0 Å². The maximum absolute atomic E-state index is 11.7. The van der Waals surface area contributed by atoms with Gasteiger partial charge in [0.15, 0.2) is 5.96 Å². The number of amides is 2. The van der Waals surface area contributed by atoms with Gasteiger partial charge in [0.1, 0.15) is 5.01 Å². The lowest BCUT2D eigenvalue weighted by atomic mass is 10.1. The monoisotopic (exact) mass is 465 g/mol. The van der Waals surface area contributed by atoms with E-state index in [-0.39, 0.29) is 35.8 Å². The predicted octanol–water partition coefficient (Wildman–Crippen LogP) is 1.66. The lowest BCUT2D eigenvalue weighted by Gasteiger charge is -2.25. The summed E-state index contributed by atoms with van der Waals surface area (Å²) in [5, 5.41) is 7.26. The minimum Gasteiger partial charge on any atom is -0.357 e. The minimum atomic E-state index is -0.0803. The van der Waals surface area contributed by atoms with E-state index in [1.807, 2.05) is 20.0 Å². The summed E-state index contributed by atoms with van der Waals surface area (Å²) in [6, 6.07) is 0. The zero-order valence-corrected chi connectivity index (χ0v) is 17.1. The Morgan fingerprint density at radius 3 is 2.62 bits per heavy atom. The van der Waals surface area contributed by atoms with Gasteiger partial charge in [-0.1, -0.05) is 0 Å². The van der Waals surface area contributed by atoms with Crippen LogP contribution in [0.2, 0.25) is 0 Å². The molecule has 1 fully saturated rings. The summed E-state index contributed by atoms with van der Waals surface area (Å²) in [6.45, 7) is 6.11. The number of rotatable bonds is 6. The van der Waals surface area contributed by atoms with Gasteiger partial charge in [-0.25, -0.2) is 9.98 Å². The highest BCUT2D eigenvalue weighted by atomic mass is 127. The molecule has 2 N–H and O–H groups in total. The summed E-state index contributed by atoms with van der Waals surface area (Å²) in [7, 11) is 0. The minimum absolute atomic E-state index is 0. The van der Waals surface area contributed by atoms with E-state index < -0.39 is 0 Å². The Morgan fingerprint density at radius 1 is 1.33 bits per heavy atom. The van der Waals surface area contributed by atoms with Crippen molar-refractivity contribution in [2.24, 2.45) is 4.99 Å². The number of thiazole rings is 1. The van der Waals surface area contributed by atoms with E-state index in [1.165, 1.54) is 4.90 Å². The fourth-order valence-corrected chi connectivity index (χ4v) is 3.01. The molecule has 1 aliphatic heterocycles. The average Bonchev–Trinajstić information content (AvgIpc) is 2.93. The van der Waals surface area contributed by atoms with Crippen LogP contribution in [0.3, 0.4) is 0 Å². The molecule has 1 aliphatic rings. The third kappa shape index (κ3) is 6.34. The normalized spacial score (nSPS) is 15.2. The van der Waals surface area contributed by atoms with Gasteiger partial charge in [0.25, 0.3) is 0 Å². The van der Waals surface area contributed by atoms with Crippen LogP contribution in [0.1, 0.15) is 36.1 Å². The van der Waals surface area contributed by atoms with Crippen molar-refractivity contribution in [3.8, 4) is 0 Å². The van der Waals surface area contributed by atoms with Gasteiger partial charge in [0.2, 0.25) is 11.8 Å². The summed E-state index contributed by atoms with van der Waals surface area (Å²) >= 11 is 1.62. The van der Waals surface area contributed by atoms with Crippen molar-refractivity contribution in [1.82, 2.24) is 20.5 Å². The largest absolute Gasteiger partial charge is 0.357 e. The van der Waals surface area contributed by atoms with E-state index in [4.69, 9.17) is 0 Å². The van der Waals surface area contributed by atoms with Crippen LogP contribution in [0.4, 0.5) is 0 Å². The van der Waals surface area contributed by atoms with Crippen LogP contribution in [0.5, 0.6) is 0 Å². The number of guanidine groups is 1. The predicted molar refractivity (Wildman–Crippen MR) is 106 cm³/mol. The van der Waals surface area contributed by atoms with Crippen molar-refractivity contribution in [1.29, 1.82) is 0 Å². The van der Waals surface area contributed by atoms with Gasteiger partial charge in [-0.05, 0) is 20.3 Å². The Kier molecular flexibility index (Phi) is 9.19. The number of carbonyl (C=O) groups excluding carboxylic acids is 2. The van der Waals surface area contributed by atoms with Crippen molar-refractivity contribution in [3.05, 3.63) is 16.1 Å². The van der Waals surface area contributed by atoms with Crippen LogP contribution in [-0.4, -0.2) is 47.3 Å². The number of piperidine rings is 1. The number of aromatic nitrogens is 1. The number of carbonyl (C=O) groups is 2. The molecular formula is C15H24IN5O2S. The molecule has 0 aromatic carbocycles. The first-order valence-corrected chi connectivity index (χ1v) is 8.68. The summed E-state index contributed by atoms with van der Waals surface area (Å²) in [4.78, 5) is 34.7. The quantitative estimate of drug-likeness (QED) is 0.289. The molecule has 1 saturated heterocycles. The van der Waals surface area contributed by atoms with Gasteiger partial charge in [-0.15, -0.1) is 35.3 Å². The van der Waals surface area contributed by atoms with E-state index in [9.17, 15) is 9.59 Å². The number of aryl methyl sites for hydroxylation is 1. The van der Waals surface area contributed by atoms with E-state index in [1.54, 1.807) is 11.3 Å². The topological polar surface area (TPSA) is 86.7 Å². The van der Waals surface area contributed by atoms with Crippen LogP contribution < -0.4 is 10.6 Å². The molecule has 2 amide bonds. The summed E-state index contributed by atoms with van der Waals surface area (Å²) in [6.07, 6.45) is 3.43. The fraction of sp³-hybridized carbons (Fsp3) is 0.600. The Bertz CT molecular complexity index is 574. The van der Waals surface area contributed by atoms with Crippen molar-refractivity contribution in [3.63, 3.8) is 0 Å². The van der Waals surface area contributed by atoms with Crippen molar-refractivity contribution in [2.75, 3.05) is 19.6 Å². The number of hydrogen-bond acceptors (Lipinski definition) is 5. The van der Waals surface area contributed by atoms with E-state index in [0.29, 0.717) is 44.9 Å². The van der Waals surface area contributed by atoms with E-state index in [0.717, 1.165) is 16.4 Å². The van der Waals surface area contributed by atoms with Gasteiger partial charge < -0.3 is 10.6 Å². The molecule has 1 aromatic rings. The number of imide groups is 1. The summed E-state index contributed by atoms with van der Waals surface area (Å²) in [5.74, 6) is 0.503. The van der Waals surface area contributed by atoms with Gasteiger partial charge in [0.05, 0.1) is 6.54 Å². The molecule has 0 spiro atoms. The standard InChI is InChI=1S/C15H23N5O2S.HI/c1-3-16-15(19-10-12-18-9-11(2)23-12)17-7-8-20-13(21)5-4-6-14(20)22;/h9H,3-8,10H2,1-2H3,(H2,16,17,19);1H. The molecule has 0 bridgehead atoms. The highest BCUT2D eigenvalue weighted by Crippen LogP contribution is 2.12. The molecule has 24 heavy (non-hydrogen) atoms. The lowest BCUT2D eigenvalue weighted by molar-refractivity contribution is -0.147. The second-order valence-corrected chi connectivity index (χ2v) is 6.60. The third-order valence-corrected chi connectivity index (χ3v) is 4.29. The molecule has 0 saturated carbocycles. The fourth-order valence-electron chi connectivity index (χ4n) is 2.30. The molecule has 2 rings (SSSR count). The SMILES string of the molecule is CCNC(=NCc1ncc(C)s1)NCCN1C(=O)CCCC1=O.I. The number of nitrogens with one attached hydrogen (secondary N) is 2. The smallest absolute Gasteiger partial charge is 0.229 e. The summed E-state index contributed by atoms with van der Waals surface area (Å²) in [5.41, 5.74) is 0. The Hall–Kier alpha value is -1.23. The van der Waals surface area contributed by atoms with Crippen molar-refractivity contribution >= 4 is 53.1 Å². The number of likely N-dealkylation sites (tertiary alicyclic amines) is 1. The molecule has 0 aliphatic carbocycles.